The number of oxazole rings is 1. The molecule has 200 valence electrons. The molecule has 1 aromatic heterocycles. The quantitative estimate of drug-likeness (QED) is 0.381. The normalized spacial score (nSPS) is 19.0. The van der Waals surface area contributed by atoms with Gasteiger partial charge in [-0.3, -0.25) is 19.5 Å². The molecular weight excluding hydrogens is 521 g/mol. The molecule has 2 aliphatic heterocycles. The van der Waals surface area contributed by atoms with Crippen molar-refractivity contribution in [3.63, 3.8) is 0 Å². The zero-order chi connectivity index (χ0) is 27.0. The average Bonchev–Trinajstić information content (AvgIpc) is 3.22. The second-order valence-corrected chi connectivity index (χ2v) is 10.6. The van der Waals surface area contributed by atoms with E-state index in [2.05, 4.69) is 5.32 Å². The predicted octanol–water partition coefficient (Wildman–Crippen LogP) is 2.75. The van der Waals surface area contributed by atoms with Crippen LogP contribution in [0.25, 0.3) is 11.1 Å². The fourth-order valence-corrected chi connectivity index (χ4v) is 5.95. The molecule has 11 nitrogen and oxygen atoms in total. The van der Waals surface area contributed by atoms with E-state index in [1.807, 2.05) is 30.3 Å². The van der Waals surface area contributed by atoms with Gasteiger partial charge in [-0.25, -0.2) is 9.59 Å². The maximum absolute atomic E-state index is 14.6. The average molecular weight is 546 g/mol. The third-order valence-electron chi connectivity index (χ3n) is 6.93. The number of rotatable bonds is 5. The van der Waals surface area contributed by atoms with Crippen LogP contribution in [0.5, 0.6) is 0 Å². The van der Waals surface area contributed by atoms with Crippen LogP contribution in [0.2, 0.25) is 0 Å². The summed E-state index contributed by atoms with van der Waals surface area (Å²) in [5.74, 6) is -2.70. The van der Waals surface area contributed by atoms with Gasteiger partial charge < -0.3 is 14.1 Å². The van der Waals surface area contributed by atoms with E-state index in [1.165, 1.54) is 17.0 Å². The Hall–Kier alpha value is -4.00. The lowest BCUT2D eigenvalue weighted by molar-refractivity contribution is -0.135. The summed E-state index contributed by atoms with van der Waals surface area (Å²) in [6.45, 7) is 0.621. The van der Waals surface area contributed by atoms with Gasteiger partial charge in [0.1, 0.15) is 17.5 Å². The van der Waals surface area contributed by atoms with Gasteiger partial charge in [0.2, 0.25) is 11.8 Å². The number of aromatic nitrogens is 1. The molecule has 2 aromatic carbocycles. The van der Waals surface area contributed by atoms with Crippen molar-refractivity contribution in [3.05, 3.63) is 64.1 Å². The molecule has 0 bridgehead atoms. The lowest BCUT2D eigenvalue weighted by Crippen LogP contribution is -2.43. The molecule has 3 amide bonds. The molecule has 0 saturated carbocycles. The number of fused-ring (bicyclic) bond motifs is 1. The predicted molar refractivity (Wildman–Crippen MR) is 130 cm³/mol. The van der Waals surface area contributed by atoms with Crippen LogP contribution in [-0.2, 0) is 31.2 Å². The molecule has 0 spiro atoms. The molecule has 38 heavy (non-hydrogen) atoms. The number of carbonyl (C=O) groups is 3. The monoisotopic (exact) mass is 545 g/mol. The molecule has 2 aliphatic rings. The molecule has 3 aromatic rings. The van der Waals surface area contributed by atoms with Gasteiger partial charge in [-0.1, -0.05) is 36.4 Å². The van der Waals surface area contributed by atoms with Crippen LogP contribution in [0, 0.1) is 0 Å². The highest BCUT2D eigenvalue weighted by molar-refractivity contribution is 7.86. The van der Waals surface area contributed by atoms with Gasteiger partial charge in [-0.2, -0.15) is 8.42 Å². The number of nitrogens with zero attached hydrogens (tertiary/aromatic N) is 2. The summed E-state index contributed by atoms with van der Waals surface area (Å²) in [7, 11) is -5.34. The fourth-order valence-electron chi connectivity index (χ4n) is 5.07. The van der Waals surface area contributed by atoms with Crippen molar-refractivity contribution in [2.24, 2.45) is 0 Å². The number of likely N-dealkylation sites (tertiary alicyclic amines) is 1. The third-order valence-corrected chi connectivity index (χ3v) is 7.84. The summed E-state index contributed by atoms with van der Waals surface area (Å²) in [4.78, 5) is 49.7. The smallest absolute Gasteiger partial charge is 0.420 e. The summed E-state index contributed by atoms with van der Waals surface area (Å²) in [6.07, 6.45) is 0.138. The van der Waals surface area contributed by atoms with E-state index in [0.717, 1.165) is 10.1 Å². The Morgan fingerprint density at radius 3 is 2.42 bits per heavy atom. The zero-order valence-electron chi connectivity index (χ0n) is 20.1. The van der Waals surface area contributed by atoms with Crippen molar-refractivity contribution >= 4 is 39.2 Å². The molecule has 0 radical (unpaired) electrons. The second-order valence-electron chi connectivity index (χ2n) is 9.28. The summed E-state index contributed by atoms with van der Waals surface area (Å²) < 4.78 is 50.6. The molecule has 1 atom stereocenters. The Labute approximate surface area is 216 Å². The molecule has 2 saturated heterocycles. The van der Waals surface area contributed by atoms with Crippen molar-refractivity contribution in [2.45, 2.75) is 49.1 Å². The van der Waals surface area contributed by atoms with E-state index in [-0.39, 0.29) is 43.6 Å². The van der Waals surface area contributed by atoms with Crippen LogP contribution in [0.1, 0.15) is 48.8 Å². The van der Waals surface area contributed by atoms with Gasteiger partial charge >= 0.3 is 22.1 Å². The number of piperidine rings is 2. The molecule has 5 rings (SSSR count). The number of imide groups is 1. The maximum atomic E-state index is 14.6. The van der Waals surface area contributed by atoms with E-state index < -0.39 is 56.3 Å². The highest BCUT2D eigenvalue weighted by Crippen LogP contribution is 2.38. The van der Waals surface area contributed by atoms with Gasteiger partial charge in [-0.05, 0) is 42.4 Å². The van der Waals surface area contributed by atoms with Crippen molar-refractivity contribution in [1.82, 2.24) is 14.8 Å². The minimum atomic E-state index is -5.34. The molecule has 3 heterocycles. The second kappa shape index (κ2) is 10.0. The van der Waals surface area contributed by atoms with Crippen LogP contribution < -0.4 is 11.1 Å². The lowest BCUT2D eigenvalue weighted by Gasteiger charge is -2.32. The van der Waals surface area contributed by atoms with Gasteiger partial charge in [0, 0.05) is 19.5 Å². The Morgan fingerprint density at radius 1 is 1.05 bits per heavy atom. The van der Waals surface area contributed by atoms with Crippen LogP contribution in [0.15, 0.2) is 56.6 Å². The highest BCUT2D eigenvalue weighted by Gasteiger charge is 2.36. The number of carbonyl (C=O) groups excluding carboxylic acids is 3. The maximum Gasteiger partial charge on any atom is 0.420 e. The van der Waals surface area contributed by atoms with Crippen LogP contribution in [0.4, 0.5) is 8.68 Å². The Balaban J connectivity index is 1.39. The minimum absolute atomic E-state index is 0.0114. The summed E-state index contributed by atoms with van der Waals surface area (Å²) in [6, 6.07) is 10.9. The lowest BCUT2D eigenvalue weighted by atomic mass is 9.89. The minimum Gasteiger partial charge on any atom is -0.445 e. The zero-order valence-corrected chi connectivity index (χ0v) is 20.9. The Bertz CT molecular complexity index is 1570. The standard InChI is InChI=1S/C25H24FN3O8S/c26-38(34,35)22-17(16-10-12-28(13-11-16)24(32)36-14-15-4-2-1-3-5-15)6-7-18-21(22)37-25(33)29(18)19-8-9-20(30)27-23(19)31/h1-7,16,19H,8-14H2,(H,27,30,31). The number of ether oxygens (including phenoxy) is 1. The summed E-state index contributed by atoms with van der Waals surface area (Å²) >= 11 is 0. The van der Waals surface area contributed by atoms with Gasteiger partial charge in [-0.15, -0.1) is 3.89 Å². The molecule has 0 aliphatic carbocycles. The number of amides is 3. The van der Waals surface area contributed by atoms with E-state index in [4.69, 9.17) is 9.15 Å². The van der Waals surface area contributed by atoms with Gasteiger partial charge in [0.05, 0.1) is 5.52 Å². The first kappa shape index (κ1) is 25.6. The van der Waals surface area contributed by atoms with E-state index >= 15 is 0 Å². The number of hydrogen-bond acceptors (Lipinski definition) is 8. The summed E-state index contributed by atoms with van der Waals surface area (Å²) in [5.41, 5.74) is 0.421. The summed E-state index contributed by atoms with van der Waals surface area (Å²) in [5, 5.41) is 2.13. The molecule has 2 fully saturated rings. The SMILES string of the molecule is O=C1CCC(n2c(=O)oc3c(S(=O)(=O)F)c(C4CCN(C(=O)OCc5ccccc5)CC4)ccc32)C(=O)N1. The van der Waals surface area contributed by atoms with Gasteiger partial charge in [0.25, 0.3) is 0 Å². The molecule has 1 N–H and O–H groups in total. The number of hydrogen-bond donors (Lipinski definition) is 1. The Morgan fingerprint density at radius 2 is 1.76 bits per heavy atom. The van der Waals surface area contributed by atoms with Crippen molar-refractivity contribution in [3.8, 4) is 0 Å². The third kappa shape index (κ3) is 4.93. The van der Waals surface area contributed by atoms with E-state index in [0.29, 0.717) is 12.8 Å². The first-order valence-electron chi connectivity index (χ1n) is 12.1. The van der Waals surface area contributed by atoms with Gasteiger partial charge in [0.15, 0.2) is 5.58 Å². The van der Waals surface area contributed by atoms with Crippen LogP contribution in [0.3, 0.4) is 0 Å². The fraction of sp³-hybridized carbons (Fsp3) is 0.360. The number of halogens is 1. The van der Waals surface area contributed by atoms with E-state index in [1.54, 1.807) is 0 Å². The molecular formula is C25H24FN3O8S. The highest BCUT2D eigenvalue weighted by atomic mass is 32.3. The number of benzene rings is 2. The first-order chi connectivity index (χ1) is 18.1. The number of nitrogens with one attached hydrogen (secondary N) is 1. The topological polar surface area (TPSA) is 145 Å². The van der Waals surface area contributed by atoms with E-state index in [9.17, 15) is 31.5 Å². The van der Waals surface area contributed by atoms with Crippen molar-refractivity contribution < 1.29 is 35.8 Å². The molecule has 13 heteroatoms. The van der Waals surface area contributed by atoms with Crippen molar-refractivity contribution in [2.75, 3.05) is 13.1 Å². The largest absolute Gasteiger partial charge is 0.445 e. The van der Waals surface area contributed by atoms with Crippen molar-refractivity contribution in [1.29, 1.82) is 0 Å². The first-order valence-corrected chi connectivity index (χ1v) is 13.4. The Kier molecular flexibility index (Phi) is 6.78. The molecule has 1 unspecified atom stereocenters. The van der Waals surface area contributed by atoms with Crippen LogP contribution in [-0.4, -0.2) is 48.9 Å². The van der Waals surface area contributed by atoms with Crippen LogP contribution >= 0.6 is 0 Å².